The van der Waals surface area contributed by atoms with Crippen LogP contribution in [0.2, 0.25) is 0 Å². The first-order valence-electron chi connectivity index (χ1n) is 5.98. The van der Waals surface area contributed by atoms with Gasteiger partial charge in [-0.05, 0) is 31.0 Å². The van der Waals surface area contributed by atoms with Crippen molar-refractivity contribution >= 4 is 11.8 Å². The molecule has 0 aromatic heterocycles. The zero-order chi connectivity index (χ0) is 13.0. The van der Waals surface area contributed by atoms with E-state index in [4.69, 9.17) is 0 Å². The van der Waals surface area contributed by atoms with Crippen molar-refractivity contribution in [3.05, 3.63) is 35.6 Å². The third-order valence-corrected chi connectivity index (χ3v) is 2.74. The van der Waals surface area contributed by atoms with Gasteiger partial charge >= 0.3 is 0 Å². The topological polar surface area (TPSA) is 58.2 Å². The van der Waals surface area contributed by atoms with Gasteiger partial charge in [0.25, 0.3) is 5.91 Å². The Balaban J connectivity index is 1.69. The fraction of sp³-hybridized carbons (Fsp3) is 0.385. The van der Waals surface area contributed by atoms with Crippen LogP contribution in [-0.4, -0.2) is 24.9 Å². The zero-order valence-electron chi connectivity index (χ0n) is 9.91. The van der Waals surface area contributed by atoms with Crippen LogP contribution in [0.15, 0.2) is 24.3 Å². The fourth-order valence-corrected chi connectivity index (χ4v) is 1.58. The minimum absolute atomic E-state index is 0.0509. The average Bonchev–Trinajstić information content (AvgIpc) is 3.18. The third-order valence-electron chi connectivity index (χ3n) is 2.74. The molecule has 0 saturated heterocycles. The highest BCUT2D eigenvalue weighted by molar-refractivity contribution is 5.94. The van der Waals surface area contributed by atoms with E-state index < -0.39 is 5.82 Å². The molecular weight excluding hydrogens is 235 g/mol. The SMILES string of the molecule is O=C(NCCNC(=O)C1CC1)c1cccc(F)c1. The van der Waals surface area contributed by atoms with Gasteiger partial charge in [-0.3, -0.25) is 9.59 Å². The molecule has 0 bridgehead atoms. The van der Waals surface area contributed by atoms with Crippen LogP contribution in [0.25, 0.3) is 0 Å². The molecule has 1 saturated carbocycles. The Kier molecular flexibility index (Phi) is 3.92. The number of hydrogen-bond donors (Lipinski definition) is 2. The number of benzene rings is 1. The third kappa shape index (κ3) is 3.55. The van der Waals surface area contributed by atoms with Gasteiger partial charge in [0.1, 0.15) is 5.82 Å². The monoisotopic (exact) mass is 250 g/mol. The van der Waals surface area contributed by atoms with Crippen molar-refractivity contribution in [3.8, 4) is 0 Å². The van der Waals surface area contributed by atoms with E-state index in [-0.39, 0.29) is 23.3 Å². The lowest BCUT2D eigenvalue weighted by Crippen LogP contribution is -2.35. The van der Waals surface area contributed by atoms with Gasteiger partial charge in [0.05, 0.1) is 0 Å². The molecule has 5 heteroatoms. The van der Waals surface area contributed by atoms with Crippen molar-refractivity contribution in [3.63, 3.8) is 0 Å². The van der Waals surface area contributed by atoms with E-state index in [1.165, 1.54) is 18.2 Å². The molecule has 1 aliphatic rings. The Morgan fingerprint density at radius 2 is 1.94 bits per heavy atom. The highest BCUT2D eigenvalue weighted by Gasteiger charge is 2.28. The Bertz CT molecular complexity index is 458. The minimum atomic E-state index is -0.440. The van der Waals surface area contributed by atoms with Crippen molar-refractivity contribution in [2.75, 3.05) is 13.1 Å². The maximum absolute atomic E-state index is 12.9. The molecular formula is C13H15FN2O2. The molecule has 1 aromatic rings. The molecule has 0 radical (unpaired) electrons. The lowest BCUT2D eigenvalue weighted by Gasteiger charge is -2.06. The Labute approximate surface area is 105 Å². The summed E-state index contributed by atoms with van der Waals surface area (Å²) in [7, 11) is 0. The molecule has 0 atom stereocenters. The number of carbonyl (C=O) groups is 2. The van der Waals surface area contributed by atoms with E-state index in [9.17, 15) is 14.0 Å². The molecule has 0 aliphatic heterocycles. The number of amides is 2. The van der Waals surface area contributed by atoms with Crippen molar-refractivity contribution < 1.29 is 14.0 Å². The zero-order valence-corrected chi connectivity index (χ0v) is 9.91. The van der Waals surface area contributed by atoms with E-state index in [0.29, 0.717) is 13.1 Å². The number of nitrogens with one attached hydrogen (secondary N) is 2. The predicted octanol–water partition coefficient (Wildman–Crippen LogP) is 1.08. The van der Waals surface area contributed by atoms with Crippen molar-refractivity contribution in [2.45, 2.75) is 12.8 Å². The largest absolute Gasteiger partial charge is 0.354 e. The summed E-state index contributed by atoms with van der Waals surface area (Å²) in [4.78, 5) is 22.9. The van der Waals surface area contributed by atoms with Crippen LogP contribution < -0.4 is 10.6 Å². The first-order chi connectivity index (χ1) is 8.66. The van der Waals surface area contributed by atoms with Gasteiger partial charge in [0.15, 0.2) is 0 Å². The van der Waals surface area contributed by atoms with Gasteiger partial charge < -0.3 is 10.6 Å². The van der Waals surface area contributed by atoms with Crippen LogP contribution in [0.3, 0.4) is 0 Å². The Morgan fingerprint density at radius 1 is 1.22 bits per heavy atom. The summed E-state index contributed by atoms with van der Waals surface area (Å²) < 4.78 is 12.9. The quantitative estimate of drug-likeness (QED) is 0.768. The molecule has 1 aliphatic carbocycles. The second kappa shape index (κ2) is 5.62. The molecule has 1 fully saturated rings. The summed E-state index contributed by atoms with van der Waals surface area (Å²) in [6.07, 6.45) is 1.92. The maximum Gasteiger partial charge on any atom is 0.251 e. The molecule has 2 rings (SSSR count). The van der Waals surface area contributed by atoms with Crippen molar-refractivity contribution in [1.29, 1.82) is 0 Å². The Morgan fingerprint density at radius 3 is 2.61 bits per heavy atom. The summed E-state index contributed by atoms with van der Waals surface area (Å²) >= 11 is 0. The van der Waals surface area contributed by atoms with E-state index in [1.54, 1.807) is 6.07 Å². The fourth-order valence-electron chi connectivity index (χ4n) is 1.58. The highest BCUT2D eigenvalue weighted by atomic mass is 19.1. The molecule has 1 aromatic carbocycles. The van der Waals surface area contributed by atoms with E-state index in [2.05, 4.69) is 10.6 Å². The van der Waals surface area contributed by atoms with Gasteiger partial charge in [-0.2, -0.15) is 0 Å². The van der Waals surface area contributed by atoms with Crippen molar-refractivity contribution in [2.24, 2.45) is 5.92 Å². The predicted molar refractivity (Wildman–Crippen MR) is 64.5 cm³/mol. The first-order valence-corrected chi connectivity index (χ1v) is 5.98. The van der Waals surface area contributed by atoms with Crippen LogP contribution in [-0.2, 0) is 4.79 Å². The second-order valence-corrected chi connectivity index (χ2v) is 4.33. The van der Waals surface area contributed by atoms with Crippen LogP contribution in [0.4, 0.5) is 4.39 Å². The Hall–Kier alpha value is -1.91. The summed E-state index contributed by atoms with van der Waals surface area (Å²) in [5.41, 5.74) is 0.281. The van der Waals surface area contributed by atoms with E-state index >= 15 is 0 Å². The van der Waals surface area contributed by atoms with Gasteiger partial charge in [0, 0.05) is 24.6 Å². The van der Waals surface area contributed by atoms with Gasteiger partial charge in [-0.15, -0.1) is 0 Å². The van der Waals surface area contributed by atoms with Gasteiger partial charge in [0.2, 0.25) is 5.91 Å². The summed E-state index contributed by atoms with van der Waals surface area (Å²) in [6.45, 7) is 0.740. The first kappa shape index (κ1) is 12.5. The van der Waals surface area contributed by atoms with E-state index in [0.717, 1.165) is 12.8 Å². The van der Waals surface area contributed by atoms with Crippen molar-refractivity contribution in [1.82, 2.24) is 10.6 Å². The van der Waals surface area contributed by atoms with Crippen LogP contribution in [0.1, 0.15) is 23.2 Å². The maximum atomic E-state index is 12.9. The smallest absolute Gasteiger partial charge is 0.251 e. The standard InChI is InChI=1S/C13H15FN2O2/c14-11-3-1-2-10(8-11)13(18)16-7-6-15-12(17)9-4-5-9/h1-3,8-9H,4-7H2,(H,15,17)(H,16,18). The molecule has 0 heterocycles. The molecule has 4 nitrogen and oxygen atoms in total. The van der Waals surface area contributed by atoms with Crippen LogP contribution in [0.5, 0.6) is 0 Å². The van der Waals surface area contributed by atoms with Crippen LogP contribution in [0, 0.1) is 11.7 Å². The number of hydrogen-bond acceptors (Lipinski definition) is 2. The lowest BCUT2D eigenvalue weighted by atomic mass is 10.2. The van der Waals surface area contributed by atoms with E-state index in [1.807, 2.05) is 0 Å². The summed E-state index contributed by atoms with van der Waals surface area (Å²) in [5.74, 6) is -0.557. The van der Waals surface area contributed by atoms with Gasteiger partial charge in [-0.1, -0.05) is 6.07 Å². The molecule has 2 amide bonds. The highest BCUT2D eigenvalue weighted by Crippen LogP contribution is 2.28. The van der Waals surface area contributed by atoms with Gasteiger partial charge in [-0.25, -0.2) is 4.39 Å². The van der Waals surface area contributed by atoms with Crippen LogP contribution >= 0.6 is 0 Å². The molecule has 96 valence electrons. The molecule has 2 N–H and O–H groups in total. The molecule has 0 unspecified atom stereocenters. The average molecular weight is 250 g/mol. The molecule has 18 heavy (non-hydrogen) atoms. The normalized spacial score (nSPS) is 14.1. The lowest BCUT2D eigenvalue weighted by molar-refractivity contribution is -0.122. The minimum Gasteiger partial charge on any atom is -0.354 e. The number of rotatable bonds is 5. The molecule has 0 spiro atoms. The summed E-state index contributed by atoms with van der Waals surface area (Å²) in [6, 6.07) is 5.49. The summed E-state index contributed by atoms with van der Waals surface area (Å²) in [5, 5.41) is 5.36. The number of carbonyl (C=O) groups excluding carboxylic acids is 2. The number of halogens is 1. The second-order valence-electron chi connectivity index (χ2n) is 4.33.